The van der Waals surface area contributed by atoms with Gasteiger partial charge in [-0.1, -0.05) is 13.3 Å². The zero-order chi connectivity index (χ0) is 20.0. The number of carbonyl (C=O) groups excluding carboxylic acids is 3. The van der Waals surface area contributed by atoms with E-state index in [2.05, 4.69) is 10.6 Å². The van der Waals surface area contributed by atoms with Crippen LogP contribution in [0.25, 0.3) is 0 Å². The summed E-state index contributed by atoms with van der Waals surface area (Å²) in [6, 6.07) is -0.842. The Labute approximate surface area is 160 Å². The van der Waals surface area contributed by atoms with Crippen molar-refractivity contribution in [2.24, 2.45) is 11.8 Å². The van der Waals surface area contributed by atoms with E-state index < -0.39 is 29.1 Å². The van der Waals surface area contributed by atoms with Crippen molar-refractivity contribution in [1.29, 1.82) is 0 Å². The third-order valence-corrected chi connectivity index (χ3v) is 6.51. The first kappa shape index (κ1) is 20.1. The quantitative estimate of drug-likeness (QED) is 0.566. The van der Waals surface area contributed by atoms with Gasteiger partial charge in [0.1, 0.15) is 11.6 Å². The summed E-state index contributed by atoms with van der Waals surface area (Å²) in [5.74, 6) is -2.09. The number of nitrogens with zero attached hydrogens (tertiary/aromatic N) is 1. The molecule has 3 aliphatic heterocycles. The molecule has 3 fully saturated rings. The van der Waals surface area contributed by atoms with Gasteiger partial charge >= 0.3 is 0 Å². The van der Waals surface area contributed by atoms with Gasteiger partial charge in [0.25, 0.3) is 0 Å². The molecule has 3 unspecified atom stereocenters. The second kappa shape index (κ2) is 7.05. The van der Waals surface area contributed by atoms with Crippen LogP contribution in [0.1, 0.15) is 46.5 Å². The summed E-state index contributed by atoms with van der Waals surface area (Å²) in [7, 11) is 1.55. The topological polar surface area (TPSA) is 108 Å². The number of aliphatic hydroxyl groups is 1. The minimum Gasteiger partial charge on any atom is -0.395 e. The van der Waals surface area contributed by atoms with E-state index in [0.717, 1.165) is 12.8 Å². The molecule has 6 atom stereocenters. The molecule has 152 valence electrons. The first-order valence-corrected chi connectivity index (χ1v) is 9.89. The van der Waals surface area contributed by atoms with Crippen LogP contribution >= 0.6 is 0 Å². The monoisotopic (exact) mass is 381 g/mol. The Bertz CT molecular complexity index is 641. The van der Waals surface area contributed by atoms with Crippen LogP contribution in [0.3, 0.4) is 0 Å². The Morgan fingerprint density at radius 2 is 2.07 bits per heavy atom. The number of ether oxygens (including phenoxy) is 1. The van der Waals surface area contributed by atoms with Crippen molar-refractivity contribution >= 4 is 17.7 Å². The minimum atomic E-state index is -1.01. The Balaban J connectivity index is 1.99. The van der Waals surface area contributed by atoms with Crippen LogP contribution in [0.15, 0.2) is 0 Å². The summed E-state index contributed by atoms with van der Waals surface area (Å²) in [5, 5.41) is 15.1. The molecule has 0 aromatic rings. The van der Waals surface area contributed by atoms with Crippen molar-refractivity contribution < 1.29 is 24.2 Å². The van der Waals surface area contributed by atoms with Crippen molar-refractivity contribution in [3.8, 4) is 0 Å². The predicted molar refractivity (Wildman–Crippen MR) is 97.6 cm³/mol. The van der Waals surface area contributed by atoms with Crippen molar-refractivity contribution in [3.63, 3.8) is 0 Å². The highest BCUT2D eigenvalue weighted by atomic mass is 16.5. The molecule has 3 amide bonds. The van der Waals surface area contributed by atoms with Crippen LogP contribution in [0, 0.1) is 11.8 Å². The molecule has 1 spiro atoms. The summed E-state index contributed by atoms with van der Waals surface area (Å²) in [4.78, 5) is 40.4. The third kappa shape index (κ3) is 2.84. The van der Waals surface area contributed by atoms with E-state index in [9.17, 15) is 19.5 Å². The summed E-state index contributed by atoms with van der Waals surface area (Å²) in [6.45, 7) is 5.65. The fourth-order valence-electron chi connectivity index (χ4n) is 5.46. The zero-order valence-corrected chi connectivity index (χ0v) is 16.6. The van der Waals surface area contributed by atoms with E-state index in [0.29, 0.717) is 12.8 Å². The molecule has 3 aliphatic rings. The number of aliphatic hydroxyl groups excluding tert-OH is 1. The molecule has 3 rings (SSSR count). The van der Waals surface area contributed by atoms with Gasteiger partial charge in [-0.05, 0) is 33.1 Å². The molecule has 27 heavy (non-hydrogen) atoms. The van der Waals surface area contributed by atoms with Crippen LogP contribution < -0.4 is 10.6 Å². The van der Waals surface area contributed by atoms with Gasteiger partial charge < -0.3 is 25.4 Å². The Morgan fingerprint density at radius 3 is 2.67 bits per heavy atom. The highest BCUT2D eigenvalue weighted by Crippen LogP contribution is 2.62. The molecule has 8 heteroatoms. The number of nitrogens with one attached hydrogen (secondary N) is 2. The molecule has 0 aromatic carbocycles. The Kier molecular flexibility index (Phi) is 5.24. The number of hydrogen-bond acceptors (Lipinski definition) is 5. The molecule has 2 bridgehead atoms. The molecule has 3 saturated heterocycles. The first-order chi connectivity index (χ1) is 12.8. The van der Waals surface area contributed by atoms with Crippen molar-refractivity contribution in [2.45, 2.75) is 69.7 Å². The van der Waals surface area contributed by atoms with Gasteiger partial charge in [-0.15, -0.1) is 0 Å². The Hall–Kier alpha value is -1.67. The van der Waals surface area contributed by atoms with Gasteiger partial charge in [-0.2, -0.15) is 0 Å². The van der Waals surface area contributed by atoms with Gasteiger partial charge in [0.05, 0.1) is 24.0 Å². The lowest BCUT2D eigenvalue weighted by molar-refractivity contribution is -0.146. The highest BCUT2D eigenvalue weighted by Gasteiger charge is 2.77. The largest absolute Gasteiger partial charge is 0.395 e. The van der Waals surface area contributed by atoms with E-state index in [1.807, 2.05) is 20.8 Å². The lowest BCUT2D eigenvalue weighted by Crippen LogP contribution is -2.56. The maximum Gasteiger partial charge on any atom is 0.246 e. The molecule has 8 nitrogen and oxygen atoms in total. The molecule has 3 N–H and O–H groups in total. The van der Waals surface area contributed by atoms with E-state index in [4.69, 9.17) is 4.74 Å². The first-order valence-electron chi connectivity index (χ1n) is 9.89. The van der Waals surface area contributed by atoms with E-state index in [1.54, 1.807) is 7.05 Å². The van der Waals surface area contributed by atoms with Gasteiger partial charge in [-0.25, -0.2) is 0 Å². The van der Waals surface area contributed by atoms with Crippen molar-refractivity contribution in [2.75, 3.05) is 20.2 Å². The van der Waals surface area contributed by atoms with Gasteiger partial charge in [0.15, 0.2) is 0 Å². The fourth-order valence-corrected chi connectivity index (χ4v) is 5.46. The summed E-state index contributed by atoms with van der Waals surface area (Å²) in [5.41, 5.74) is -1.76. The van der Waals surface area contributed by atoms with Crippen LogP contribution in [0.5, 0.6) is 0 Å². The molecule has 0 radical (unpaired) electrons. The van der Waals surface area contributed by atoms with Crippen LogP contribution in [0.2, 0.25) is 0 Å². The van der Waals surface area contributed by atoms with Crippen molar-refractivity contribution in [3.05, 3.63) is 0 Å². The number of carbonyl (C=O) groups is 3. The summed E-state index contributed by atoms with van der Waals surface area (Å²) >= 11 is 0. The van der Waals surface area contributed by atoms with Crippen LogP contribution in [-0.4, -0.2) is 71.2 Å². The second-order valence-corrected chi connectivity index (χ2v) is 8.30. The minimum absolute atomic E-state index is 0.0204. The summed E-state index contributed by atoms with van der Waals surface area (Å²) < 4.78 is 6.36. The van der Waals surface area contributed by atoms with Gasteiger partial charge in [0.2, 0.25) is 17.7 Å². The number of rotatable bonds is 7. The zero-order valence-electron chi connectivity index (χ0n) is 16.6. The van der Waals surface area contributed by atoms with Gasteiger partial charge in [0, 0.05) is 19.6 Å². The molecule has 3 heterocycles. The lowest BCUT2D eigenvalue weighted by atomic mass is 9.66. The maximum atomic E-state index is 13.2. The second-order valence-electron chi connectivity index (χ2n) is 8.30. The van der Waals surface area contributed by atoms with E-state index in [1.165, 1.54) is 4.90 Å². The summed E-state index contributed by atoms with van der Waals surface area (Å²) in [6.07, 6.45) is 2.94. The Morgan fingerprint density at radius 1 is 1.37 bits per heavy atom. The molecular formula is C19H31N3O5. The maximum absolute atomic E-state index is 13.2. The average Bonchev–Trinajstić information content (AvgIpc) is 3.16. The van der Waals surface area contributed by atoms with E-state index in [-0.39, 0.29) is 36.9 Å². The number of fused-ring (bicyclic) bond motifs is 1. The number of amides is 3. The average molecular weight is 381 g/mol. The molecular weight excluding hydrogens is 350 g/mol. The lowest BCUT2D eigenvalue weighted by Gasteiger charge is -2.34. The molecule has 0 aliphatic carbocycles. The van der Waals surface area contributed by atoms with Crippen LogP contribution in [0.4, 0.5) is 0 Å². The number of likely N-dealkylation sites (tertiary alicyclic amines) is 1. The standard InChI is InChI=1S/C19H31N3O5/c1-5-6-11(2)21-16(25)14-19-8-7-18(3,27-19)12(15(24)20-4)13(19)17(26)22(14)9-10-23/h11-14,23H,5-10H2,1-4H3,(H,20,24)(H,21,25)/t11?,12-,13-,14?,18+,19?/m0/s1. The molecule has 0 saturated carbocycles. The number of β-amino-alcohol motifs (C(OH)–C–C–N with tert-alkyl or cyclic N) is 1. The SMILES string of the molecule is CCCC(C)NC(=O)C1N(CCO)C(=O)[C@@H]2[C@@H](C(=O)NC)[C@@]3(C)CCC12O3. The fraction of sp³-hybridized carbons (Fsp3) is 0.842. The van der Waals surface area contributed by atoms with Crippen LogP contribution in [-0.2, 0) is 19.1 Å². The third-order valence-electron chi connectivity index (χ3n) is 6.51. The predicted octanol–water partition coefficient (Wildman–Crippen LogP) is -0.206. The smallest absolute Gasteiger partial charge is 0.246 e. The van der Waals surface area contributed by atoms with Crippen molar-refractivity contribution in [1.82, 2.24) is 15.5 Å². The number of hydrogen-bond donors (Lipinski definition) is 3. The molecule has 0 aromatic heterocycles. The van der Waals surface area contributed by atoms with Gasteiger partial charge in [-0.3, -0.25) is 14.4 Å². The highest BCUT2D eigenvalue weighted by molar-refractivity contribution is 5.99. The normalized spacial score (nSPS) is 38.0. The van der Waals surface area contributed by atoms with E-state index >= 15 is 0 Å².